The lowest BCUT2D eigenvalue weighted by Crippen LogP contribution is -2.35. The fraction of sp³-hybridized carbons (Fsp3) is 0.353. The molecule has 0 bridgehead atoms. The molecule has 1 aliphatic heterocycles. The molecule has 0 saturated carbocycles. The molecule has 1 saturated heterocycles. The van der Waals surface area contributed by atoms with E-state index >= 15 is 0 Å². The number of nitrogens with zero attached hydrogens (tertiary/aromatic N) is 2. The molecule has 6 heteroatoms. The normalized spacial score (nSPS) is 17.2. The standard InChI is InChI=1S/C17H19N3O3/c1-12-9-15(21)16(17(22)18-10-13-7-8-23-11-13)19-20(12)14-5-3-2-4-6-14/h2-6,9,13H,7-8,10-11H2,1H3,(H,18,22)/t13-/m0/s1. The summed E-state index contributed by atoms with van der Waals surface area (Å²) in [6.07, 6.45) is 0.926. The van der Waals surface area contributed by atoms with E-state index in [0.29, 0.717) is 24.8 Å². The van der Waals surface area contributed by atoms with Crippen LogP contribution in [0.25, 0.3) is 5.69 Å². The molecule has 1 amide bonds. The van der Waals surface area contributed by atoms with Gasteiger partial charge in [-0.1, -0.05) is 18.2 Å². The minimum absolute atomic E-state index is 0.0848. The minimum atomic E-state index is -0.438. The number of hydrogen-bond donors (Lipinski definition) is 1. The number of hydrogen-bond acceptors (Lipinski definition) is 4. The van der Waals surface area contributed by atoms with Gasteiger partial charge in [-0.05, 0) is 25.5 Å². The highest BCUT2D eigenvalue weighted by atomic mass is 16.5. The van der Waals surface area contributed by atoms with Crippen molar-refractivity contribution in [2.75, 3.05) is 19.8 Å². The van der Waals surface area contributed by atoms with Gasteiger partial charge in [-0.2, -0.15) is 5.10 Å². The number of amides is 1. The van der Waals surface area contributed by atoms with Crippen molar-refractivity contribution >= 4 is 5.91 Å². The highest BCUT2D eigenvalue weighted by Crippen LogP contribution is 2.11. The number of carbonyl (C=O) groups excluding carboxylic acids is 1. The summed E-state index contributed by atoms with van der Waals surface area (Å²) in [5.74, 6) is -0.132. The molecule has 0 radical (unpaired) electrons. The van der Waals surface area contributed by atoms with Gasteiger partial charge in [0.25, 0.3) is 5.91 Å². The number of aromatic nitrogens is 2. The molecule has 6 nitrogen and oxygen atoms in total. The van der Waals surface area contributed by atoms with Crippen LogP contribution in [-0.2, 0) is 4.74 Å². The minimum Gasteiger partial charge on any atom is -0.381 e. The average Bonchev–Trinajstić information content (AvgIpc) is 3.07. The maximum atomic E-state index is 12.3. The third kappa shape index (κ3) is 3.48. The summed E-state index contributed by atoms with van der Waals surface area (Å²) in [5.41, 5.74) is 1.04. The molecular weight excluding hydrogens is 294 g/mol. The second-order valence-corrected chi connectivity index (χ2v) is 5.69. The molecule has 1 aromatic heterocycles. The van der Waals surface area contributed by atoms with Crippen LogP contribution in [0.3, 0.4) is 0 Å². The van der Waals surface area contributed by atoms with Crippen molar-refractivity contribution in [2.45, 2.75) is 13.3 Å². The van der Waals surface area contributed by atoms with Crippen LogP contribution < -0.4 is 10.7 Å². The van der Waals surface area contributed by atoms with Gasteiger partial charge in [0.15, 0.2) is 5.69 Å². The Balaban J connectivity index is 1.84. The quantitative estimate of drug-likeness (QED) is 0.923. The third-order valence-corrected chi connectivity index (χ3v) is 3.90. The average molecular weight is 313 g/mol. The van der Waals surface area contributed by atoms with Crippen LogP contribution in [-0.4, -0.2) is 35.4 Å². The van der Waals surface area contributed by atoms with Crippen LogP contribution in [0.1, 0.15) is 22.6 Å². The summed E-state index contributed by atoms with van der Waals surface area (Å²) < 4.78 is 6.88. The van der Waals surface area contributed by atoms with Crippen molar-refractivity contribution in [1.29, 1.82) is 0 Å². The monoisotopic (exact) mass is 313 g/mol. The van der Waals surface area contributed by atoms with Crippen molar-refractivity contribution in [3.63, 3.8) is 0 Å². The van der Waals surface area contributed by atoms with Gasteiger partial charge in [0, 0.05) is 30.8 Å². The highest BCUT2D eigenvalue weighted by Gasteiger charge is 2.19. The lowest BCUT2D eigenvalue weighted by atomic mass is 10.1. The van der Waals surface area contributed by atoms with E-state index in [4.69, 9.17) is 4.74 Å². The topological polar surface area (TPSA) is 73.2 Å². The number of nitrogens with one attached hydrogen (secondary N) is 1. The number of ether oxygens (including phenoxy) is 1. The first kappa shape index (κ1) is 15.4. The number of benzene rings is 1. The number of para-hydroxylation sites is 1. The van der Waals surface area contributed by atoms with Crippen LogP contribution >= 0.6 is 0 Å². The molecular formula is C17H19N3O3. The van der Waals surface area contributed by atoms with Crippen LogP contribution in [0.2, 0.25) is 0 Å². The van der Waals surface area contributed by atoms with Gasteiger partial charge in [-0.3, -0.25) is 9.59 Å². The number of carbonyl (C=O) groups is 1. The Morgan fingerprint density at radius 1 is 1.39 bits per heavy atom. The van der Waals surface area contributed by atoms with E-state index < -0.39 is 5.91 Å². The second-order valence-electron chi connectivity index (χ2n) is 5.69. The Bertz CT molecular complexity index is 749. The van der Waals surface area contributed by atoms with Gasteiger partial charge in [-0.15, -0.1) is 0 Å². The predicted octanol–water partition coefficient (Wildman–Crippen LogP) is 1.31. The second kappa shape index (κ2) is 6.75. The van der Waals surface area contributed by atoms with Crippen molar-refractivity contribution in [2.24, 2.45) is 5.92 Å². The van der Waals surface area contributed by atoms with Gasteiger partial charge >= 0.3 is 0 Å². The molecule has 1 atom stereocenters. The van der Waals surface area contributed by atoms with E-state index in [9.17, 15) is 9.59 Å². The van der Waals surface area contributed by atoms with Crippen LogP contribution in [0.15, 0.2) is 41.2 Å². The Labute approximate surface area is 134 Å². The molecule has 0 aliphatic carbocycles. The summed E-state index contributed by atoms with van der Waals surface area (Å²) in [6, 6.07) is 10.9. The molecule has 1 fully saturated rings. The molecule has 1 N–H and O–H groups in total. The molecule has 23 heavy (non-hydrogen) atoms. The zero-order chi connectivity index (χ0) is 16.2. The van der Waals surface area contributed by atoms with Crippen LogP contribution in [0.4, 0.5) is 0 Å². The molecule has 3 rings (SSSR count). The van der Waals surface area contributed by atoms with E-state index in [0.717, 1.165) is 18.7 Å². The fourth-order valence-electron chi connectivity index (χ4n) is 2.60. The maximum Gasteiger partial charge on any atom is 0.275 e. The number of aryl methyl sites for hydroxylation is 1. The van der Waals surface area contributed by atoms with Crippen LogP contribution in [0, 0.1) is 12.8 Å². The maximum absolute atomic E-state index is 12.3. The molecule has 1 aromatic carbocycles. The Morgan fingerprint density at radius 3 is 2.87 bits per heavy atom. The SMILES string of the molecule is Cc1cc(=O)c(C(=O)NC[C@@H]2CCOC2)nn1-c1ccccc1. The lowest BCUT2D eigenvalue weighted by molar-refractivity contribution is 0.0937. The largest absolute Gasteiger partial charge is 0.381 e. The van der Waals surface area contributed by atoms with Crippen molar-refractivity contribution in [3.05, 3.63) is 58.0 Å². The molecule has 120 valence electrons. The summed E-state index contributed by atoms with van der Waals surface area (Å²) in [4.78, 5) is 24.4. The molecule has 0 unspecified atom stereocenters. The Morgan fingerprint density at radius 2 is 2.17 bits per heavy atom. The summed E-state index contributed by atoms with van der Waals surface area (Å²) in [7, 11) is 0. The van der Waals surface area contributed by atoms with E-state index in [2.05, 4.69) is 10.4 Å². The predicted molar refractivity (Wildman–Crippen MR) is 85.8 cm³/mol. The van der Waals surface area contributed by atoms with E-state index in [1.807, 2.05) is 30.3 Å². The van der Waals surface area contributed by atoms with Gasteiger partial charge in [0.05, 0.1) is 12.3 Å². The van der Waals surface area contributed by atoms with E-state index in [1.54, 1.807) is 11.6 Å². The molecule has 0 spiro atoms. The van der Waals surface area contributed by atoms with Gasteiger partial charge < -0.3 is 10.1 Å². The third-order valence-electron chi connectivity index (χ3n) is 3.90. The first-order valence-electron chi connectivity index (χ1n) is 7.67. The van der Waals surface area contributed by atoms with Crippen molar-refractivity contribution in [3.8, 4) is 5.69 Å². The zero-order valence-electron chi connectivity index (χ0n) is 13.0. The highest BCUT2D eigenvalue weighted by molar-refractivity contribution is 5.92. The molecule has 2 aromatic rings. The van der Waals surface area contributed by atoms with Crippen molar-refractivity contribution in [1.82, 2.24) is 15.1 Å². The van der Waals surface area contributed by atoms with Crippen molar-refractivity contribution < 1.29 is 9.53 Å². The van der Waals surface area contributed by atoms with Crippen LogP contribution in [0.5, 0.6) is 0 Å². The van der Waals surface area contributed by atoms with E-state index in [-0.39, 0.29) is 11.1 Å². The summed E-state index contributed by atoms with van der Waals surface area (Å²) in [6.45, 7) is 3.66. The zero-order valence-corrected chi connectivity index (χ0v) is 13.0. The Hall–Kier alpha value is -2.47. The lowest BCUT2D eigenvalue weighted by Gasteiger charge is -2.12. The molecule has 1 aliphatic rings. The first-order chi connectivity index (χ1) is 11.1. The first-order valence-corrected chi connectivity index (χ1v) is 7.67. The Kier molecular flexibility index (Phi) is 4.52. The van der Waals surface area contributed by atoms with Gasteiger partial charge in [0.1, 0.15) is 0 Å². The van der Waals surface area contributed by atoms with E-state index in [1.165, 1.54) is 6.07 Å². The van der Waals surface area contributed by atoms with Gasteiger partial charge in [0.2, 0.25) is 5.43 Å². The molecule has 2 heterocycles. The smallest absolute Gasteiger partial charge is 0.275 e. The number of rotatable bonds is 4. The summed E-state index contributed by atoms with van der Waals surface area (Å²) >= 11 is 0. The summed E-state index contributed by atoms with van der Waals surface area (Å²) in [5, 5.41) is 7.03. The fourth-order valence-corrected chi connectivity index (χ4v) is 2.60. The van der Waals surface area contributed by atoms with Gasteiger partial charge in [-0.25, -0.2) is 4.68 Å².